The van der Waals surface area contributed by atoms with Crippen LogP contribution in [0.4, 0.5) is 0 Å². The maximum atomic E-state index is 8.11. The molecule has 0 rings (SSSR count). The second-order valence-corrected chi connectivity index (χ2v) is 2.73. The lowest BCUT2D eigenvalue weighted by Crippen LogP contribution is -2.03. The zero-order valence-corrected chi connectivity index (χ0v) is 10.8. The summed E-state index contributed by atoms with van der Waals surface area (Å²) < 4.78 is 0. The van der Waals surface area contributed by atoms with Crippen molar-refractivity contribution in [2.75, 3.05) is 46.2 Å². The Morgan fingerprint density at radius 2 is 0.833 bits per heavy atom. The zero-order valence-electron chi connectivity index (χ0n) is 10.8. The van der Waals surface area contributed by atoms with Gasteiger partial charge in [0.1, 0.15) is 0 Å². The third kappa shape index (κ3) is 105. The Morgan fingerprint density at radius 1 is 0.611 bits per heavy atom. The van der Waals surface area contributed by atoms with E-state index in [0.717, 1.165) is 0 Å². The molecule has 0 aromatic carbocycles. The predicted octanol–water partition coefficient (Wildman–Crippen LogP) is -3.34. The summed E-state index contributed by atoms with van der Waals surface area (Å²) in [7, 11) is 0. The highest BCUT2D eigenvalue weighted by atomic mass is 16.3. The Bertz CT molecular complexity index is 81.9. The van der Waals surface area contributed by atoms with E-state index in [1.54, 1.807) is 0 Å². The van der Waals surface area contributed by atoms with Gasteiger partial charge in [0.15, 0.2) is 0 Å². The lowest BCUT2D eigenvalue weighted by Gasteiger charge is -1.90. The van der Waals surface area contributed by atoms with Crippen LogP contribution in [0.15, 0.2) is 0 Å². The number of hydrogen-bond donors (Lipinski definition) is 8. The zero-order chi connectivity index (χ0) is 15.2. The van der Waals surface area contributed by atoms with Crippen LogP contribution in [0.5, 0.6) is 0 Å². The van der Waals surface area contributed by atoms with Gasteiger partial charge in [-0.2, -0.15) is 0 Å². The average molecular weight is 276 g/mol. The van der Waals surface area contributed by atoms with Gasteiger partial charge in [-0.05, 0) is 13.3 Å². The Labute approximate surface area is 107 Å². The SMILES string of the molecule is CC(O)CO.OCCCO.OCCO.OCCO. The molecule has 0 aromatic rings. The van der Waals surface area contributed by atoms with Crippen molar-refractivity contribution in [3.8, 4) is 0 Å². The molecular formula is C10H28O8. The van der Waals surface area contributed by atoms with Gasteiger partial charge in [-0.15, -0.1) is 0 Å². The lowest BCUT2D eigenvalue weighted by molar-refractivity contribution is 0.110. The first-order valence-corrected chi connectivity index (χ1v) is 5.46. The Balaban J connectivity index is -0.0000000731. The van der Waals surface area contributed by atoms with Gasteiger partial charge in [0, 0.05) is 13.2 Å². The minimum absolute atomic E-state index is 0.0938. The molecule has 8 heteroatoms. The minimum Gasteiger partial charge on any atom is -0.396 e. The quantitative estimate of drug-likeness (QED) is 0.258. The fourth-order valence-corrected chi connectivity index (χ4v) is 0.0707. The van der Waals surface area contributed by atoms with Crippen LogP contribution in [0.3, 0.4) is 0 Å². The summed E-state index contributed by atoms with van der Waals surface area (Å²) in [6.07, 6.45) is -0.0602. The molecule has 1 atom stereocenters. The van der Waals surface area contributed by atoms with Crippen molar-refractivity contribution in [2.45, 2.75) is 19.4 Å². The summed E-state index contributed by atoms with van der Waals surface area (Å²) in [4.78, 5) is 0. The van der Waals surface area contributed by atoms with Gasteiger partial charge in [-0.25, -0.2) is 0 Å². The van der Waals surface area contributed by atoms with Gasteiger partial charge in [0.2, 0.25) is 0 Å². The first-order valence-electron chi connectivity index (χ1n) is 5.46. The van der Waals surface area contributed by atoms with Crippen LogP contribution in [-0.4, -0.2) is 93.2 Å². The van der Waals surface area contributed by atoms with Gasteiger partial charge in [-0.3, -0.25) is 0 Å². The second-order valence-electron chi connectivity index (χ2n) is 2.73. The van der Waals surface area contributed by atoms with Gasteiger partial charge in [0.25, 0.3) is 0 Å². The lowest BCUT2D eigenvalue weighted by atomic mass is 10.5. The summed E-state index contributed by atoms with van der Waals surface area (Å²) in [5.74, 6) is 0. The van der Waals surface area contributed by atoms with Crippen LogP contribution in [0.1, 0.15) is 13.3 Å². The Hall–Kier alpha value is -0.320. The van der Waals surface area contributed by atoms with Gasteiger partial charge >= 0.3 is 0 Å². The molecule has 0 aliphatic carbocycles. The largest absolute Gasteiger partial charge is 0.396 e. The molecule has 8 N–H and O–H groups in total. The highest BCUT2D eigenvalue weighted by Crippen LogP contribution is 1.68. The molecule has 18 heavy (non-hydrogen) atoms. The molecule has 0 aliphatic heterocycles. The monoisotopic (exact) mass is 276 g/mol. The molecular weight excluding hydrogens is 248 g/mol. The maximum absolute atomic E-state index is 8.11. The van der Waals surface area contributed by atoms with Crippen molar-refractivity contribution in [3.05, 3.63) is 0 Å². The van der Waals surface area contributed by atoms with Crippen molar-refractivity contribution >= 4 is 0 Å². The van der Waals surface area contributed by atoms with E-state index in [4.69, 9.17) is 40.9 Å². The highest BCUT2D eigenvalue weighted by molar-refractivity contribution is 4.34. The van der Waals surface area contributed by atoms with Crippen molar-refractivity contribution in [1.82, 2.24) is 0 Å². The Kier molecular flexibility index (Phi) is 52.5. The topological polar surface area (TPSA) is 162 Å². The maximum Gasteiger partial charge on any atom is 0.0742 e. The number of aliphatic hydroxyl groups is 8. The number of hydrogen-bond acceptors (Lipinski definition) is 8. The summed E-state index contributed by atoms with van der Waals surface area (Å²) in [6.45, 7) is 1.08. The fraction of sp³-hybridized carbons (Fsp3) is 1.00. The van der Waals surface area contributed by atoms with E-state index in [9.17, 15) is 0 Å². The van der Waals surface area contributed by atoms with E-state index in [0.29, 0.717) is 6.42 Å². The van der Waals surface area contributed by atoms with Crippen molar-refractivity contribution in [3.63, 3.8) is 0 Å². The average Bonchev–Trinajstić information content (AvgIpc) is 2.40. The number of rotatable bonds is 5. The summed E-state index contributed by atoms with van der Waals surface area (Å²) >= 11 is 0. The molecule has 0 saturated heterocycles. The molecule has 0 radical (unpaired) electrons. The third-order valence-corrected chi connectivity index (χ3v) is 0.780. The smallest absolute Gasteiger partial charge is 0.0742 e. The van der Waals surface area contributed by atoms with Crippen LogP contribution in [-0.2, 0) is 0 Å². The van der Waals surface area contributed by atoms with E-state index in [1.807, 2.05) is 0 Å². The molecule has 0 aromatic heterocycles. The van der Waals surface area contributed by atoms with Crippen LogP contribution >= 0.6 is 0 Å². The Morgan fingerprint density at radius 3 is 0.833 bits per heavy atom. The van der Waals surface area contributed by atoms with E-state index in [1.165, 1.54) is 6.92 Å². The van der Waals surface area contributed by atoms with Crippen LogP contribution in [0.2, 0.25) is 0 Å². The second kappa shape index (κ2) is 36.0. The van der Waals surface area contributed by atoms with E-state index >= 15 is 0 Å². The summed E-state index contributed by atoms with van der Waals surface area (Å²) in [6, 6.07) is 0. The molecule has 0 amide bonds. The molecule has 0 heterocycles. The third-order valence-electron chi connectivity index (χ3n) is 0.780. The predicted molar refractivity (Wildman–Crippen MR) is 65.9 cm³/mol. The molecule has 0 saturated carbocycles. The van der Waals surface area contributed by atoms with E-state index < -0.39 is 6.10 Å². The van der Waals surface area contributed by atoms with Crippen LogP contribution in [0.25, 0.3) is 0 Å². The van der Waals surface area contributed by atoms with Crippen LogP contribution in [0, 0.1) is 0 Å². The molecule has 0 aliphatic rings. The molecule has 0 fully saturated rings. The van der Waals surface area contributed by atoms with Crippen molar-refractivity contribution < 1.29 is 40.9 Å². The highest BCUT2D eigenvalue weighted by Gasteiger charge is 1.83. The number of aliphatic hydroxyl groups excluding tert-OH is 8. The summed E-state index contributed by atoms with van der Waals surface area (Å²) in [5, 5.41) is 62.3. The summed E-state index contributed by atoms with van der Waals surface area (Å²) in [5.41, 5.74) is 0. The van der Waals surface area contributed by atoms with Crippen molar-refractivity contribution in [1.29, 1.82) is 0 Å². The standard InChI is InChI=1S/2C3H8O2.2C2H6O2/c1-3(5)2-4;4-2-1-3-5;2*3-1-2-4/h3-5H,2H2,1H3;4-5H,1-3H2;2*3-4H,1-2H2. The van der Waals surface area contributed by atoms with Gasteiger partial charge in [0.05, 0.1) is 39.1 Å². The van der Waals surface area contributed by atoms with Gasteiger partial charge in [-0.1, -0.05) is 0 Å². The normalized spacial score (nSPS) is 9.83. The molecule has 0 spiro atoms. The van der Waals surface area contributed by atoms with Gasteiger partial charge < -0.3 is 40.9 Å². The molecule has 0 bridgehead atoms. The molecule has 8 nitrogen and oxygen atoms in total. The first-order chi connectivity index (χ1) is 8.51. The minimum atomic E-state index is -0.560. The van der Waals surface area contributed by atoms with Crippen molar-refractivity contribution in [2.24, 2.45) is 0 Å². The molecule has 1 unspecified atom stereocenters. The fourth-order valence-electron chi connectivity index (χ4n) is 0.0707. The first kappa shape index (κ1) is 26.3. The van der Waals surface area contributed by atoms with E-state index in [-0.39, 0.29) is 46.2 Å². The molecule has 116 valence electrons. The van der Waals surface area contributed by atoms with E-state index in [2.05, 4.69) is 0 Å². The van der Waals surface area contributed by atoms with Crippen LogP contribution < -0.4 is 0 Å².